The van der Waals surface area contributed by atoms with E-state index >= 15 is 0 Å². The number of nitrogens with zero attached hydrogens (tertiary/aromatic N) is 5. The second-order valence-corrected chi connectivity index (χ2v) is 6.13. The van der Waals surface area contributed by atoms with Gasteiger partial charge in [-0.15, -0.1) is 0 Å². The van der Waals surface area contributed by atoms with Gasteiger partial charge < -0.3 is 19.0 Å². The van der Waals surface area contributed by atoms with E-state index in [1.807, 2.05) is 20.8 Å². The number of amides is 1. The molecule has 1 aliphatic heterocycles. The van der Waals surface area contributed by atoms with E-state index < -0.39 is 0 Å². The zero-order valence-corrected chi connectivity index (χ0v) is 14.8. The Labute approximate surface area is 146 Å². The van der Waals surface area contributed by atoms with E-state index in [-0.39, 0.29) is 11.8 Å². The summed E-state index contributed by atoms with van der Waals surface area (Å²) in [5.74, 6) is 1.87. The van der Waals surface area contributed by atoms with E-state index in [1.165, 1.54) is 6.39 Å². The number of aromatic nitrogens is 3. The zero-order valence-electron chi connectivity index (χ0n) is 14.8. The van der Waals surface area contributed by atoms with Crippen molar-refractivity contribution in [3.05, 3.63) is 30.1 Å². The molecule has 8 nitrogen and oxygen atoms in total. The second-order valence-electron chi connectivity index (χ2n) is 6.13. The van der Waals surface area contributed by atoms with Crippen LogP contribution in [-0.2, 0) is 0 Å². The fraction of sp³-hybridized carbons (Fsp3) is 0.529. The summed E-state index contributed by atoms with van der Waals surface area (Å²) in [5.41, 5.74) is 0.415. The van der Waals surface area contributed by atoms with Crippen molar-refractivity contribution < 1.29 is 13.9 Å². The van der Waals surface area contributed by atoms with Gasteiger partial charge >= 0.3 is 0 Å². The van der Waals surface area contributed by atoms with Gasteiger partial charge in [0.25, 0.3) is 5.91 Å². The molecule has 0 atom stereocenters. The van der Waals surface area contributed by atoms with Crippen molar-refractivity contribution in [2.24, 2.45) is 0 Å². The Hall–Kier alpha value is -2.64. The van der Waals surface area contributed by atoms with Gasteiger partial charge in [0.15, 0.2) is 12.1 Å². The van der Waals surface area contributed by atoms with Crippen LogP contribution < -0.4 is 9.64 Å². The molecule has 3 heterocycles. The van der Waals surface area contributed by atoms with Crippen LogP contribution in [0.4, 0.5) is 5.95 Å². The van der Waals surface area contributed by atoms with Crippen molar-refractivity contribution in [1.82, 2.24) is 19.9 Å². The average Bonchev–Trinajstić information content (AvgIpc) is 3.12. The number of rotatable bonds is 5. The molecule has 2 aromatic rings. The van der Waals surface area contributed by atoms with Crippen LogP contribution in [0.5, 0.6) is 5.88 Å². The largest absolute Gasteiger partial charge is 0.478 e. The molecule has 1 saturated heterocycles. The smallest absolute Gasteiger partial charge is 0.276 e. The first-order chi connectivity index (χ1) is 12.1. The molecule has 25 heavy (non-hydrogen) atoms. The van der Waals surface area contributed by atoms with Crippen LogP contribution in [0.25, 0.3) is 0 Å². The molecule has 1 fully saturated rings. The molecule has 8 heteroatoms. The third-order valence-electron chi connectivity index (χ3n) is 4.08. The maximum Gasteiger partial charge on any atom is 0.276 e. The highest BCUT2D eigenvalue weighted by Gasteiger charge is 2.28. The Balaban J connectivity index is 1.64. The minimum Gasteiger partial charge on any atom is -0.478 e. The number of piperazine rings is 1. The summed E-state index contributed by atoms with van der Waals surface area (Å²) in [6, 6.07) is 1.74. The lowest BCUT2D eigenvalue weighted by molar-refractivity contribution is 0.0738. The van der Waals surface area contributed by atoms with Gasteiger partial charge in [-0.1, -0.05) is 13.8 Å². The van der Waals surface area contributed by atoms with Crippen LogP contribution in [0.3, 0.4) is 0 Å². The summed E-state index contributed by atoms with van der Waals surface area (Å²) in [4.78, 5) is 29.4. The molecule has 3 rings (SSSR count). The van der Waals surface area contributed by atoms with E-state index in [0.29, 0.717) is 56.1 Å². The monoisotopic (exact) mass is 345 g/mol. The molecule has 134 valence electrons. The van der Waals surface area contributed by atoms with Crippen molar-refractivity contribution >= 4 is 11.9 Å². The fourth-order valence-corrected chi connectivity index (χ4v) is 2.80. The molecular weight excluding hydrogens is 322 g/mol. The topological polar surface area (TPSA) is 84.6 Å². The van der Waals surface area contributed by atoms with Gasteiger partial charge in [0.2, 0.25) is 11.8 Å². The van der Waals surface area contributed by atoms with Gasteiger partial charge in [0.1, 0.15) is 5.76 Å². The first-order valence-corrected chi connectivity index (χ1v) is 8.53. The van der Waals surface area contributed by atoms with E-state index in [9.17, 15) is 4.79 Å². The van der Waals surface area contributed by atoms with Crippen LogP contribution in [0, 0.1) is 0 Å². The normalized spacial score (nSPS) is 14.9. The maximum absolute atomic E-state index is 12.7. The number of hydrogen-bond donors (Lipinski definition) is 0. The molecule has 2 aromatic heterocycles. The summed E-state index contributed by atoms with van der Waals surface area (Å²) in [5, 5.41) is 0. The van der Waals surface area contributed by atoms with Gasteiger partial charge in [-0.3, -0.25) is 4.79 Å². The second kappa shape index (κ2) is 7.50. The Morgan fingerprint density at radius 3 is 2.72 bits per heavy atom. The predicted octanol–water partition coefficient (Wildman–Crippen LogP) is 1.95. The van der Waals surface area contributed by atoms with E-state index in [2.05, 4.69) is 19.9 Å². The van der Waals surface area contributed by atoms with Crippen LogP contribution in [0.15, 0.2) is 23.1 Å². The molecule has 0 aliphatic carbocycles. The molecule has 0 saturated carbocycles. The lowest BCUT2D eigenvalue weighted by Gasteiger charge is -2.34. The van der Waals surface area contributed by atoms with E-state index in [0.717, 1.165) is 0 Å². The van der Waals surface area contributed by atoms with Gasteiger partial charge in [0.05, 0.1) is 6.61 Å². The average molecular weight is 345 g/mol. The number of carbonyl (C=O) groups excluding carboxylic acids is 1. The molecule has 0 unspecified atom stereocenters. The van der Waals surface area contributed by atoms with Crippen LogP contribution in [0.2, 0.25) is 0 Å². The van der Waals surface area contributed by atoms with Gasteiger partial charge in [0, 0.05) is 44.4 Å². The Morgan fingerprint density at radius 2 is 2.04 bits per heavy atom. The molecule has 1 amide bonds. The molecule has 0 bridgehead atoms. The highest BCUT2D eigenvalue weighted by molar-refractivity contribution is 5.93. The highest BCUT2D eigenvalue weighted by Crippen LogP contribution is 2.21. The minimum absolute atomic E-state index is 0.0823. The summed E-state index contributed by atoms with van der Waals surface area (Å²) in [6.07, 6.45) is 3.03. The summed E-state index contributed by atoms with van der Waals surface area (Å²) in [6.45, 7) is 8.95. The van der Waals surface area contributed by atoms with Crippen LogP contribution in [-0.4, -0.2) is 58.5 Å². The minimum atomic E-state index is -0.0823. The molecular formula is C17H23N5O3. The SMILES string of the molecule is CCOc1ccnc(N2CCN(C(=O)c3ncoc3C(C)C)CC2)n1. The zero-order chi connectivity index (χ0) is 17.8. The van der Waals surface area contributed by atoms with Crippen molar-refractivity contribution in [3.63, 3.8) is 0 Å². The van der Waals surface area contributed by atoms with Gasteiger partial charge in [-0.2, -0.15) is 4.98 Å². The highest BCUT2D eigenvalue weighted by atomic mass is 16.5. The van der Waals surface area contributed by atoms with Gasteiger partial charge in [-0.05, 0) is 6.92 Å². The lowest BCUT2D eigenvalue weighted by Crippen LogP contribution is -2.49. The number of oxazole rings is 1. The number of anilines is 1. The first-order valence-electron chi connectivity index (χ1n) is 8.53. The molecule has 0 N–H and O–H groups in total. The van der Waals surface area contributed by atoms with Crippen molar-refractivity contribution in [2.45, 2.75) is 26.7 Å². The lowest BCUT2D eigenvalue weighted by atomic mass is 10.1. The summed E-state index contributed by atoms with van der Waals surface area (Å²) in [7, 11) is 0. The quantitative estimate of drug-likeness (QED) is 0.819. The first kappa shape index (κ1) is 17.2. The summed E-state index contributed by atoms with van der Waals surface area (Å²) < 4.78 is 10.8. The maximum atomic E-state index is 12.7. The molecule has 0 aromatic carbocycles. The third-order valence-corrected chi connectivity index (χ3v) is 4.08. The van der Waals surface area contributed by atoms with E-state index in [1.54, 1.807) is 17.2 Å². The molecule has 1 aliphatic rings. The number of hydrogen-bond acceptors (Lipinski definition) is 7. The standard InChI is InChI=1S/C17H23N5O3/c1-4-24-13-5-6-18-17(20-13)22-9-7-21(8-10-22)16(23)14-15(12(2)3)25-11-19-14/h5-6,11-12H,4,7-10H2,1-3H3. The van der Waals surface area contributed by atoms with Crippen molar-refractivity contribution in [2.75, 3.05) is 37.7 Å². The van der Waals surface area contributed by atoms with Gasteiger partial charge in [-0.25, -0.2) is 9.97 Å². The van der Waals surface area contributed by atoms with Crippen LogP contribution >= 0.6 is 0 Å². The van der Waals surface area contributed by atoms with Crippen molar-refractivity contribution in [3.8, 4) is 5.88 Å². The number of ether oxygens (including phenoxy) is 1. The fourth-order valence-electron chi connectivity index (χ4n) is 2.80. The molecule has 0 radical (unpaired) electrons. The van der Waals surface area contributed by atoms with Crippen LogP contribution in [0.1, 0.15) is 42.9 Å². The Kier molecular flexibility index (Phi) is 5.16. The predicted molar refractivity (Wildman–Crippen MR) is 91.9 cm³/mol. The van der Waals surface area contributed by atoms with E-state index in [4.69, 9.17) is 9.15 Å². The summed E-state index contributed by atoms with van der Waals surface area (Å²) >= 11 is 0. The number of carbonyl (C=O) groups is 1. The third kappa shape index (κ3) is 3.72. The Morgan fingerprint density at radius 1 is 1.28 bits per heavy atom. The molecule has 0 spiro atoms. The Bertz CT molecular complexity index is 723. The van der Waals surface area contributed by atoms with Crippen molar-refractivity contribution in [1.29, 1.82) is 0 Å².